The molecule has 1 saturated heterocycles. The Morgan fingerprint density at radius 2 is 1.86 bits per heavy atom. The number of fused-ring (bicyclic) bond motifs is 1. The molecule has 4 aromatic rings. The number of ether oxygens (including phenoxy) is 1. The highest BCUT2D eigenvalue weighted by molar-refractivity contribution is 6.47. The van der Waals surface area contributed by atoms with Gasteiger partial charge in [-0.05, 0) is 37.3 Å². The van der Waals surface area contributed by atoms with Gasteiger partial charge >= 0.3 is 0 Å². The molecule has 0 bridgehead atoms. The fraction of sp³-hybridized carbons (Fsp3) is 0.154. The minimum atomic E-state index is -0.879. The number of amides is 1. The number of aryl methyl sites for hydroxylation is 1. The molecular weight excluding hydrogens is 491 g/mol. The molecule has 178 valence electrons. The minimum absolute atomic E-state index is 0.0437. The number of likely N-dealkylation sites (tertiary alicyclic amines) is 1. The smallest absolute Gasteiger partial charge is 0.296 e. The average molecular weight is 511 g/mol. The summed E-state index contributed by atoms with van der Waals surface area (Å²) in [4.78, 5) is 31.4. The van der Waals surface area contributed by atoms with Gasteiger partial charge < -0.3 is 24.1 Å². The summed E-state index contributed by atoms with van der Waals surface area (Å²) in [6.45, 7) is 1.91. The maximum atomic E-state index is 13.4. The highest BCUT2D eigenvalue weighted by Crippen LogP contribution is 2.45. The molecule has 2 aromatic carbocycles. The molecule has 1 aliphatic rings. The van der Waals surface area contributed by atoms with Crippen LogP contribution in [0.3, 0.4) is 0 Å². The summed E-state index contributed by atoms with van der Waals surface area (Å²) in [6, 6.07) is 13.0. The number of H-pyrrole nitrogens is 1. The second-order valence-corrected chi connectivity index (χ2v) is 9.00. The van der Waals surface area contributed by atoms with E-state index in [0.717, 1.165) is 16.6 Å². The number of benzene rings is 2. The summed E-state index contributed by atoms with van der Waals surface area (Å²) in [5, 5.41) is 12.5. The second kappa shape index (κ2) is 8.83. The molecule has 7 nitrogen and oxygen atoms in total. The van der Waals surface area contributed by atoms with Crippen molar-refractivity contribution in [2.24, 2.45) is 0 Å². The van der Waals surface area contributed by atoms with Crippen molar-refractivity contribution in [3.63, 3.8) is 0 Å². The highest BCUT2D eigenvalue weighted by Gasteiger charge is 2.47. The monoisotopic (exact) mass is 510 g/mol. The average Bonchev–Trinajstić information content (AvgIpc) is 3.52. The van der Waals surface area contributed by atoms with Gasteiger partial charge in [0.1, 0.15) is 11.5 Å². The molecule has 1 fully saturated rings. The van der Waals surface area contributed by atoms with Crippen molar-refractivity contribution in [2.45, 2.75) is 19.5 Å². The van der Waals surface area contributed by atoms with Gasteiger partial charge in [0.05, 0.1) is 41.6 Å². The van der Waals surface area contributed by atoms with Gasteiger partial charge in [-0.2, -0.15) is 0 Å². The number of hydrogen-bond acceptors (Lipinski definition) is 5. The number of aromatic nitrogens is 1. The van der Waals surface area contributed by atoms with Crippen LogP contribution >= 0.6 is 23.2 Å². The molecule has 3 heterocycles. The topological polar surface area (TPSA) is 95.8 Å². The van der Waals surface area contributed by atoms with Gasteiger partial charge in [0.2, 0.25) is 0 Å². The maximum Gasteiger partial charge on any atom is 0.296 e. The van der Waals surface area contributed by atoms with Crippen molar-refractivity contribution in [3.05, 3.63) is 93.0 Å². The first-order valence-corrected chi connectivity index (χ1v) is 11.5. The summed E-state index contributed by atoms with van der Waals surface area (Å²) in [6.07, 6.45) is 1.50. The van der Waals surface area contributed by atoms with Gasteiger partial charge in [-0.3, -0.25) is 9.59 Å². The number of carbonyl (C=O) groups excluding carboxylic acids is 2. The Morgan fingerprint density at radius 1 is 1.14 bits per heavy atom. The largest absolute Gasteiger partial charge is 0.507 e. The zero-order valence-electron chi connectivity index (χ0n) is 18.8. The summed E-state index contributed by atoms with van der Waals surface area (Å²) in [7, 11) is 1.42. The molecule has 5 rings (SSSR count). The molecule has 1 unspecified atom stereocenters. The Kier molecular flexibility index (Phi) is 5.83. The molecule has 9 heteroatoms. The number of para-hydroxylation sites is 1. The van der Waals surface area contributed by atoms with E-state index in [1.807, 2.05) is 31.2 Å². The third kappa shape index (κ3) is 3.77. The van der Waals surface area contributed by atoms with E-state index in [4.69, 9.17) is 32.4 Å². The molecular formula is C26H20Cl2N2O5. The maximum absolute atomic E-state index is 13.4. The first kappa shape index (κ1) is 23.1. The summed E-state index contributed by atoms with van der Waals surface area (Å²) in [5.41, 5.74) is 2.45. The zero-order chi connectivity index (χ0) is 24.9. The zero-order valence-corrected chi connectivity index (χ0v) is 20.3. The number of methoxy groups -OCH3 is 1. The van der Waals surface area contributed by atoms with Crippen molar-refractivity contribution in [1.29, 1.82) is 0 Å². The molecule has 1 atom stereocenters. The Balaban J connectivity index is 1.76. The molecule has 1 aliphatic heterocycles. The number of carbonyl (C=O) groups is 2. The van der Waals surface area contributed by atoms with Crippen molar-refractivity contribution in [3.8, 4) is 5.75 Å². The lowest BCUT2D eigenvalue weighted by Crippen LogP contribution is -2.29. The number of furan rings is 1. The standard InChI is InChI=1S/C26H20Cl2N2O5/c1-13-20(16-7-3-4-8-19(16)29-13)22-21(23(31)14-10-17(27)25(34-2)18(28)11-14)24(32)26(33)30(22)12-15-6-5-9-35-15/h3-11,22,29,31H,12H2,1-2H3/b23-21+. The number of aliphatic hydroxyl groups excluding tert-OH is 1. The molecule has 0 spiro atoms. The lowest BCUT2D eigenvalue weighted by atomic mass is 9.93. The second-order valence-electron chi connectivity index (χ2n) is 8.19. The lowest BCUT2D eigenvalue weighted by Gasteiger charge is -2.25. The Morgan fingerprint density at radius 3 is 2.51 bits per heavy atom. The van der Waals surface area contributed by atoms with Gasteiger partial charge in [0.25, 0.3) is 11.7 Å². The van der Waals surface area contributed by atoms with Crippen molar-refractivity contribution in [1.82, 2.24) is 9.88 Å². The fourth-order valence-corrected chi connectivity index (χ4v) is 5.25. The number of ketones is 1. The predicted octanol–water partition coefficient (Wildman–Crippen LogP) is 6.01. The fourth-order valence-electron chi connectivity index (χ4n) is 4.61. The molecule has 35 heavy (non-hydrogen) atoms. The molecule has 0 aliphatic carbocycles. The van der Waals surface area contributed by atoms with Gasteiger partial charge in [-0.1, -0.05) is 41.4 Å². The first-order valence-electron chi connectivity index (χ1n) is 10.7. The van der Waals surface area contributed by atoms with E-state index < -0.39 is 17.7 Å². The number of aliphatic hydroxyl groups is 1. The summed E-state index contributed by atoms with van der Waals surface area (Å²) < 4.78 is 10.6. The van der Waals surface area contributed by atoms with E-state index in [9.17, 15) is 14.7 Å². The van der Waals surface area contributed by atoms with E-state index in [1.165, 1.54) is 30.4 Å². The highest BCUT2D eigenvalue weighted by atomic mass is 35.5. The summed E-state index contributed by atoms with van der Waals surface area (Å²) >= 11 is 12.6. The number of aromatic amines is 1. The Labute approximate surface area is 210 Å². The normalized spacial score (nSPS) is 17.5. The van der Waals surface area contributed by atoms with E-state index in [-0.39, 0.29) is 39.2 Å². The molecule has 0 radical (unpaired) electrons. The molecule has 1 amide bonds. The third-order valence-corrected chi connectivity index (χ3v) is 6.70. The quantitative estimate of drug-likeness (QED) is 0.195. The van der Waals surface area contributed by atoms with Crippen molar-refractivity contribution >= 4 is 51.6 Å². The SMILES string of the molecule is COc1c(Cl)cc(/C(O)=C2\C(=O)C(=O)N(Cc3ccco3)C2c2c(C)[nH]c3ccccc23)cc1Cl. The van der Waals surface area contributed by atoms with Crippen LogP contribution in [0, 0.1) is 6.92 Å². The number of hydrogen-bond donors (Lipinski definition) is 2. The van der Waals surface area contributed by atoms with Crippen LogP contribution < -0.4 is 4.74 Å². The van der Waals surface area contributed by atoms with Crippen LogP contribution in [0.4, 0.5) is 0 Å². The van der Waals surface area contributed by atoms with Crippen LogP contribution in [0.2, 0.25) is 10.0 Å². The van der Waals surface area contributed by atoms with E-state index in [0.29, 0.717) is 11.3 Å². The summed E-state index contributed by atoms with van der Waals surface area (Å²) in [5.74, 6) is -1.20. The van der Waals surface area contributed by atoms with Crippen LogP contribution in [0.1, 0.15) is 28.6 Å². The van der Waals surface area contributed by atoms with E-state index in [2.05, 4.69) is 4.98 Å². The van der Waals surface area contributed by atoms with Crippen molar-refractivity contribution in [2.75, 3.05) is 7.11 Å². The minimum Gasteiger partial charge on any atom is -0.507 e. The van der Waals surface area contributed by atoms with Gasteiger partial charge in [0, 0.05) is 27.7 Å². The number of rotatable bonds is 5. The van der Waals surface area contributed by atoms with Gasteiger partial charge in [0.15, 0.2) is 5.75 Å². The number of nitrogens with zero attached hydrogens (tertiary/aromatic N) is 1. The van der Waals surface area contributed by atoms with Crippen LogP contribution in [0.15, 0.2) is 64.8 Å². The Bertz CT molecular complexity index is 1480. The van der Waals surface area contributed by atoms with Gasteiger partial charge in [-0.15, -0.1) is 0 Å². The Hall–Kier alpha value is -3.68. The van der Waals surface area contributed by atoms with Crippen LogP contribution in [-0.2, 0) is 16.1 Å². The van der Waals surface area contributed by atoms with Crippen LogP contribution in [0.5, 0.6) is 5.75 Å². The number of halogens is 2. The third-order valence-electron chi connectivity index (χ3n) is 6.14. The molecule has 2 N–H and O–H groups in total. The predicted molar refractivity (Wildman–Crippen MR) is 133 cm³/mol. The van der Waals surface area contributed by atoms with Crippen LogP contribution in [-0.4, -0.2) is 33.8 Å². The van der Waals surface area contributed by atoms with E-state index >= 15 is 0 Å². The number of nitrogens with one attached hydrogen (secondary N) is 1. The first-order chi connectivity index (χ1) is 16.8. The lowest BCUT2D eigenvalue weighted by molar-refractivity contribution is -0.140. The molecule has 0 saturated carbocycles. The van der Waals surface area contributed by atoms with Gasteiger partial charge in [-0.25, -0.2) is 0 Å². The molecule has 2 aromatic heterocycles. The van der Waals surface area contributed by atoms with Crippen molar-refractivity contribution < 1.29 is 23.8 Å². The van der Waals surface area contributed by atoms with Crippen LogP contribution in [0.25, 0.3) is 16.7 Å². The number of Topliss-reactive ketones (excluding diaryl/α,β-unsaturated/α-hetero) is 1. The van der Waals surface area contributed by atoms with E-state index in [1.54, 1.807) is 12.1 Å².